The van der Waals surface area contributed by atoms with Gasteiger partial charge in [0.05, 0.1) is 10.1 Å². The number of hydrogen-bond acceptors (Lipinski definition) is 3. The molecule has 1 aliphatic rings. The third kappa shape index (κ3) is 2.69. The minimum absolute atomic E-state index is 0. The molecule has 16 heavy (non-hydrogen) atoms. The van der Waals surface area contributed by atoms with Gasteiger partial charge < -0.3 is 5.32 Å². The monoisotopic (exact) mass is 281 g/mol. The Bertz CT molecular complexity index is 438. The molecule has 0 radical (unpaired) electrons. The van der Waals surface area contributed by atoms with Crippen LogP contribution in [0.2, 0.25) is 5.02 Å². The average Bonchev–Trinajstić information content (AvgIpc) is 2.71. The van der Waals surface area contributed by atoms with Gasteiger partial charge in [-0.05, 0) is 37.2 Å². The minimum atomic E-state index is -3.18. The van der Waals surface area contributed by atoms with E-state index in [1.54, 1.807) is 24.3 Å². The van der Waals surface area contributed by atoms with Gasteiger partial charge in [0.2, 0.25) is 0 Å². The van der Waals surface area contributed by atoms with Crippen LogP contribution in [0.25, 0.3) is 0 Å². The number of halogens is 2. The lowest BCUT2D eigenvalue weighted by Gasteiger charge is -2.10. The maximum absolute atomic E-state index is 12.1. The van der Waals surface area contributed by atoms with Crippen molar-refractivity contribution in [1.82, 2.24) is 5.32 Å². The molecule has 6 heteroatoms. The maximum atomic E-state index is 12.1. The van der Waals surface area contributed by atoms with Crippen molar-refractivity contribution in [2.45, 2.75) is 16.6 Å². The largest absolute Gasteiger partial charge is 0.315 e. The summed E-state index contributed by atoms with van der Waals surface area (Å²) in [7, 11) is -3.18. The van der Waals surface area contributed by atoms with Gasteiger partial charge in [0.25, 0.3) is 0 Å². The number of sulfone groups is 1. The summed E-state index contributed by atoms with van der Waals surface area (Å²) in [5.41, 5.74) is 0. The van der Waals surface area contributed by atoms with Crippen LogP contribution in [-0.4, -0.2) is 26.8 Å². The van der Waals surface area contributed by atoms with Gasteiger partial charge in [0, 0.05) is 11.6 Å². The standard InChI is InChI=1S/C10H12ClNO2S.ClH/c11-8-1-3-9(4-2-8)15(13,14)10-5-6-12-7-10;/h1-4,10,12H,5-7H2;1H. The van der Waals surface area contributed by atoms with Crippen LogP contribution in [0, 0.1) is 0 Å². The van der Waals surface area contributed by atoms with Crippen LogP contribution < -0.4 is 5.32 Å². The summed E-state index contributed by atoms with van der Waals surface area (Å²) < 4.78 is 24.1. The molecular formula is C10H13Cl2NO2S. The van der Waals surface area contributed by atoms with E-state index in [9.17, 15) is 8.42 Å². The highest BCUT2D eigenvalue weighted by molar-refractivity contribution is 7.92. The number of rotatable bonds is 2. The fourth-order valence-electron chi connectivity index (χ4n) is 1.71. The van der Waals surface area contributed by atoms with Gasteiger partial charge in [-0.25, -0.2) is 8.42 Å². The third-order valence-corrected chi connectivity index (χ3v) is 5.06. The zero-order chi connectivity index (χ0) is 10.9. The molecule has 3 nitrogen and oxygen atoms in total. The Balaban J connectivity index is 0.00000128. The number of hydrogen-bond donors (Lipinski definition) is 1. The molecule has 1 saturated heterocycles. The van der Waals surface area contributed by atoms with Crippen molar-refractivity contribution in [3.8, 4) is 0 Å². The van der Waals surface area contributed by atoms with Crippen molar-refractivity contribution in [3.05, 3.63) is 29.3 Å². The number of benzene rings is 1. The summed E-state index contributed by atoms with van der Waals surface area (Å²) in [5.74, 6) is 0. The Hall–Kier alpha value is -0.290. The Morgan fingerprint density at radius 3 is 2.38 bits per heavy atom. The van der Waals surface area contributed by atoms with Crippen LogP contribution in [0.5, 0.6) is 0 Å². The predicted octanol–water partition coefficient (Wildman–Crippen LogP) is 1.90. The van der Waals surface area contributed by atoms with E-state index in [0.29, 0.717) is 22.9 Å². The topological polar surface area (TPSA) is 46.2 Å². The molecule has 1 N–H and O–H groups in total. The van der Waals surface area contributed by atoms with Crippen LogP contribution in [0.15, 0.2) is 29.2 Å². The summed E-state index contributed by atoms with van der Waals surface area (Å²) in [6.07, 6.45) is 0.685. The van der Waals surface area contributed by atoms with Crippen molar-refractivity contribution in [1.29, 1.82) is 0 Å². The van der Waals surface area contributed by atoms with Gasteiger partial charge in [-0.2, -0.15) is 0 Å². The Kier molecular flexibility index (Phi) is 4.62. The zero-order valence-corrected chi connectivity index (χ0v) is 10.9. The van der Waals surface area contributed by atoms with E-state index < -0.39 is 9.84 Å². The molecule has 0 saturated carbocycles. The maximum Gasteiger partial charge on any atom is 0.182 e. The molecule has 1 aliphatic heterocycles. The minimum Gasteiger partial charge on any atom is -0.315 e. The summed E-state index contributed by atoms with van der Waals surface area (Å²) in [5, 5.41) is 3.32. The van der Waals surface area contributed by atoms with Gasteiger partial charge in [-0.1, -0.05) is 11.6 Å². The second kappa shape index (κ2) is 5.36. The van der Waals surface area contributed by atoms with Crippen molar-refractivity contribution in [3.63, 3.8) is 0 Å². The van der Waals surface area contributed by atoms with E-state index in [0.717, 1.165) is 6.54 Å². The van der Waals surface area contributed by atoms with Crippen molar-refractivity contribution in [2.24, 2.45) is 0 Å². The van der Waals surface area contributed by atoms with Crippen molar-refractivity contribution in [2.75, 3.05) is 13.1 Å². The molecule has 1 unspecified atom stereocenters. The fraction of sp³-hybridized carbons (Fsp3) is 0.400. The fourth-order valence-corrected chi connectivity index (χ4v) is 3.50. The molecule has 0 aromatic heterocycles. The zero-order valence-electron chi connectivity index (χ0n) is 8.52. The first-order valence-corrected chi connectivity index (χ1v) is 6.73. The van der Waals surface area contributed by atoms with Crippen LogP contribution in [0.1, 0.15) is 6.42 Å². The molecule has 0 spiro atoms. The molecular weight excluding hydrogens is 269 g/mol. The smallest absolute Gasteiger partial charge is 0.182 e. The van der Waals surface area contributed by atoms with E-state index >= 15 is 0 Å². The highest BCUT2D eigenvalue weighted by Crippen LogP contribution is 2.21. The quantitative estimate of drug-likeness (QED) is 0.901. The highest BCUT2D eigenvalue weighted by atomic mass is 35.5. The van der Waals surface area contributed by atoms with Crippen LogP contribution in [0.4, 0.5) is 0 Å². The molecule has 90 valence electrons. The average molecular weight is 282 g/mol. The molecule has 1 aromatic carbocycles. The van der Waals surface area contributed by atoms with Crippen molar-refractivity contribution >= 4 is 33.8 Å². The van der Waals surface area contributed by atoms with E-state index in [2.05, 4.69) is 5.32 Å². The van der Waals surface area contributed by atoms with Crippen LogP contribution in [-0.2, 0) is 9.84 Å². The van der Waals surface area contributed by atoms with E-state index in [1.165, 1.54) is 0 Å². The van der Waals surface area contributed by atoms with Gasteiger partial charge in [-0.3, -0.25) is 0 Å². The Morgan fingerprint density at radius 1 is 1.25 bits per heavy atom. The van der Waals surface area contributed by atoms with Gasteiger partial charge in [0.1, 0.15) is 0 Å². The summed E-state index contributed by atoms with van der Waals surface area (Å²) in [6.45, 7) is 1.32. The lowest BCUT2D eigenvalue weighted by atomic mass is 10.4. The molecule has 2 rings (SSSR count). The van der Waals surface area contributed by atoms with Crippen LogP contribution in [0.3, 0.4) is 0 Å². The van der Waals surface area contributed by atoms with E-state index in [1.807, 2.05) is 0 Å². The highest BCUT2D eigenvalue weighted by Gasteiger charge is 2.29. The molecule has 0 amide bonds. The SMILES string of the molecule is Cl.O=S(=O)(c1ccc(Cl)cc1)C1CCNC1. The summed E-state index contributed by atoms with van der Waals surface area (Å²) in [6, 6.07) is 6.35. The summed E-state index contributed by atoms with van der Waals surface area (Å²) in [4.78, 5) is 0.362. The van der Waals surface area contributed by atoms with Gasteiger partial charge in [-0.15, -0.1) is 12.4 Å². The third-order valence-electron chi connectivity index (χ3n) is 2.60. The number of nitrogens with one attached hydrogen (secondary N) is 1. The van der Waals surface area contributed by atoms with Crippen molar-refractivity contribution < 1.29 is 8.42 Å². The lowest BCUT2D eigenvalue weighted by molar-refractivity contribution is 0.583. The molecule has 1 atom stereocenters. The van der Waals surface area contributed by atoms with Crippen LogP contribution >= 0.6 is 24.0 Å². The molecule has 1 heterocycles. The predicted molar refractivity (Wildman–Crippen MR) is 67.2 cm³/mol. The second-order valence-corrected chi connectivity index (χ2v) is 6.28. The van der Waals surface area contributed by atoms with Gasteiger partial charge >= 0.3 is 0 Å². The van der Waals surface area contributed by atoms with E-state index in [-0.39, 0.29) is 17.7 Å². The Morgan fingerprint density at radius 2 is 1.88 bits per heavy atom. The van der Waals surface area contributed by atoms with E-state index in [4.69, 9.17) is 11.6 Å². The first-order chi connectivity index (χ1) is 7.10. The molecule has 0 aliphatic carbocycles. The normalized spacial score (nSPS) is 20.4. The van der Waals surface area contributed by atoms with Gasteiger partial charge in [0.15, 0.2) is 9.84 Å². The Labute approximate surface area is 107 Å². The second-order valence-electron chi connectivity index (χ2n) is 3.61. The lowest BCUT2D eigenvalue weighted by Crippen LogP contribution is -2.23. The molecule has 1 aromatic rings. The molecule has 1 fully saturated rings. The first-order valence-electron chi connectivity index (χ1n) is 4.81. The molecule has 0 bridgehead atoms. The summed E-state index contributed by atoms with van der Waals surface area (Å²) >= 11 is 5.71. The first kappa shape index (κ1) is 13.8.